The average molecular weight is 263 g/mol. The van der Waals surface area contributed by atoms with Gasteiger partial charge in [-0.2, -0.15) is 0 Å². The molecule has 0 fully saturated rings. The molecule has 0 aliphatic rings. The molecule has 3 nitrogen and oxygen atoms in total. The van der Waals surface area contributed by atoms with Gasteiger partial charge in [0.1, 0.15) is 6.04 Å². The highest BCUT2D eigenvalue weighted by atomic mass is 16.4. The van der Waals surface area contributed by atoms with Gasteiger partial charge in [0.15, 0.2) is 0 Å². The molecule has 1 aromatic carbocycles. The van der Waals surface area contributed by atoms with Crippen molar-refractivity contribution in [2.24, 2.45) is 5.73 Å². The van der Waals surface area contributed by atoms with Gasteiger partial charge in [-0.1, -0.05) is 39.0 Å². The molecule has 1 atom stereocenters. The Morgan fingerprint density at radius 3 is 2.47 bits per heavy atom. The fourth-order valence-corrected chi connectivity index (χ4v) is 2.08. The molecule has 0 aliphatic carbocycles. The molecule has 0 saturated carbocycles. The van der Waals surface area contributed by atoms with E-state index < -0.39 is 12.0 Å². The van der Waals surface area contributed by atoms with Crippen LogP contribution in [0.2, 0.25) is 0 Å². The lowest BCUT2D eigenvalue weighted by molar-refractivity contribution is -0.138. The van der Waals surface area contributed by atoms with Gasteiger partial charge in [-0.15, -0.1) is 0 Å². The Labute approximate surface area is 115 Å². The molecule has 0 amide bonds. The van der Waals surface area contributed by atoms with Gasteiger partial charge in [-0.25, -0.2) is 0 Å². The monoisotopic (exact) mass is 263 g/mol. The van der Waals surface area contributed by atoms with E-state index >= 15 is 0 Å². The number of hydrogen-bond acceptors (Lipinski definition) is 2. The third-order valence-electron chi connectivity index (χ3n) is 3.49. The van der Waals surface area contributed by atoms with E-state index in [9.17, 15) is 4.79 Å². The lowest BCUT2D eigenvalue weighted by atomic mass is 9.85. The highest BCUT2D eigenvalue weighted by Gasteiger charge is 2.15. The van der Waals surface area contributed by atoms with E-state index in [1.54, 1.807) is 0 Å². The molecule has 1 rings (SSSR count). The largest absolute Gasteiger partial charge is 0.480 e. The molecule has 0 saturated heterocycles. The van der Waals surface area contributed by atoms with E-state index in [-0.39, 0.29) is 5.41 Å². The number of rotatable bonds is 5. The van der Waals surface area contributed by atoms with Gasteiger partial charge in [0, 0.05) is 0 Å². The second-order valence-corrected chi connectivity index (χ2v) is 6.23. The van der Waals surface area contributed by atoms with Gasteiger partial charge in [0.05, 0.1) is 0 Å². The van der Waals surface area contributed by atoms with E-state index in [0.29, 0.717) is 6.42 Å². The first-order valence-corrected chi connectivity index (χ1v) is 6.80. The summed E-state index contributed by atoms with van der Waals surface area (Å²) in [7, 11) is 0. The Morgan fingerprint density at radius 1 is 1.37 bits per heavy atom. The molecular weight excluding hydrogens is 238 g/mol. The van der Waals surface area contributed by atoms with E-state index in [1.165, 1.54) is 16.7 Å². The van der Waals surface area contributed by atoms with Crippen molar-refractivity contribution in [1.29, 1.82) is 0 Å². The topological polar surface area (TPSA) is 63.3 Å². The minimum absolute atomic E-state index is 0.162. The lowest BCUT2D eigenvalue weighted by Crippen LogP contribution is -2.29. The minimum atomic E-state index is -0.917. The van der Waals surface area contributed by atoms with Crippen LogP contribution < -0.4 is 5.73 Å². The van der Waals surface area contributed by atoms with Crippen LogP contribution in [0.3, 0.4) is 0 Å². The molecule has 3 N–H and O–H groups in total. The van der Waals surface area contributed by atoms with Crippen molar-refractivity contribution < 1.29 is 9.90 Å². The fourth-order valence-electron chi connectivity index (χ4n) is 2.08. The molecule has 1 unspecified atom stereocenters. The zero-order valence-corrected chi connectivity index (χ0v) is 12.4. The minimum Gasteiger partial charge on any atom is -0.480 e. The first kappa shape index (κ1) is 15.7. The van der Waals surface area contributed by atoms with Crippen molar-refractivity contribution >= 4 is 5.97 Å². The van der Waals surface area contributed by atoms with Crippen molar-refractivity contribution in [2.75, 3.05) is 0 Å². The van der Waals surface area contributed by atoms with Crippen LogP contribution in [-0.4, -0.2) is 17.1 Å². The quantitative estimate of drug-likeness (QED) is 0.858. The van der Waals surface area contributed by atoms with Crippen molar-refractivity contribution in [3.8, 4) is 0 Å². The first-order chi connectivity index (χ1) is 8.71. The molecule has 19 heavy (non-hydrogen) atoms. The maximum absolute atomic E-state index is 10.6. The average Bonchev–Trinajstić information content (AvgIpc) is 2.29. The number of carbonyl (C=O) groups is 1. The lowest BCUT2D eigenvalue weighted by Gasteiger charge is -2.20. The van der Waals surface area contributed by atoms with Crippen molar-refractivity contribution in [3.05, 3.63) is 34.9 Å². The predicted molar refractivity (Wildman–Crippen MR) is 78.4 cm³/mol. The van der Waals surface area contributed by atoms with Crippen molar-refractivity contribution in [1.82, 2.24) is 0 Å². The van der Waals surface area contributed by atoms with Crippen LogP contribution in [0.1, 0.15) is 50.3 Å². The number of carboxylic acids is 1. The molecule has 0 radical (unpaired) electrons. The Balaban J connectivity index is 2.63. The Morgan fingerprint density at radius 2 is 2.00 bits per heavy atom. The third-order valence-corrected chi connectivity index (χ3v) is 3.49. The maximum atomic E-state index is 10.6. The molecule has 0 heterocycles. The smallest absolute Gasteiger partial charge is 0.320 e. The number of hydrogen-bond donors (Lipinski definition) is 2. The highest BCUT2D eigenvalue weighted by molar-refractivity contribution is 5.72. The van der Waals surface area contributed by atoms with Crippen molar-refractivity contribution in [2.45, 2.75) is 58.4 Å². The number of aliphatic carboxylic acids is 1. The molecule has 3 heteroatoms. The first-order valence-electron chi connectivity index (χ1n) is 6.80. The summed E-state index contributed by atoms with van der Waals surface area (Å²) in [5.41, 5.74) is 9.55. The summed E-state index contributed by atoms with van der Waals surface area (Å²) in [4.78, 5) is 10.6. The molecule has 0 aromatic heterocycles. The van der Waals surface area contributed by atoms with E-state index in [4.69, 9.17) is 10.8 Å². The zero-order chi connectivity index (χ0) is 14.6. The fraction of sp³-hybridized carbons (Fsp3) is 0.562. The summed E-state index contributed by atoms with van der Waals surface area (Å²) in [5, 5.41) is 8.73. The number of nitrogens with two attached hydrogens (primary N) is 1. The standard InChI is InChI=1S/C16H25NO2/c1-11-10-13(16(2,3)4)9-8-12(11)6-5-7-14(17)15(18)19/h8-10,14H,5-7,17H2,1-4H3,(H,18,19). The normalized spacial score (nSPS) is 13.3. The summed E-state index contributed by atoms with van der Waals surface area (Å²) in [6.07, 6.45) is 2.22. The summed E-state index contributed by atoms with van der Waals surface area (Å²) < 4.78 is 0. The van der Waals surface area contributed by atoms with Crippen molar-refractivity contribution in [3.63, 3.8) is 0 Å². The van der Waals surface area contributed by atoms with E-state index in [1.807, 2.05) is 0 Å². The molecule has 0 aliphatic heterocycles. The predicted octanol–water partition coefficient (Wildman–Crippen LogP) is 3.03. The molecule has 0 spiro atoms. The van der Waals surface area contributed by atoms with Crippen LogP contribution in [0.25, 0.3) is 0 Å². The van der Waals surface area contributed by atoms with E-state index in [2.05, 4.69) is 45.9 Å². The number of aryl methyl sites for hydroxylation is 2. The van der Waals surface area contributed by atoms with Crippen LogP contribution in [0.5, 0.6) is 0 Å². The second kappa shape index (κ2) is 6.20. The maximum Gasteiger partial charge on any atom is 0.320 e. The number of carboxylic acid groups (broad SMARTS) is 1. The van der Waals surface area contributed by atoms with Gasteiger partial charge >= 0.3 is 5.97 Å². The van der Waals surface area contributed by atoms with Gasteiger partial charge in [0.2, 0.25) is 0 Å². The third kappa shape index (κ3) is 4.67. The number of benzene rings is 1. The summed E-state index contributed by atoms with van der Waals surface area (Å²) >= 11 is 0. The summed E-state index contributed by atoms with van der Waals surface area (Å²) in [6.45, 7) is 8.72. The van der Waals surface area contributed by atoms with Gasteiger partial charge < -0.3 is 10.8 Å². The van der Waals surface area contributed by atoms with Crippen LogP contribution in [-0.2, 0) is 16.6 Å². The Hall–Kier alpha value is -1.35. The molecule has 0 bridgehead atoms. The van der Waals surface area contributed by atoms with Gasteiger partial charge in [0.25, 0.3) is 0 Å². The van der Waals surface area contributed by atoms with Crippen LogP contribution in [0, 0.1) is 6.92 Å². The highest BCUT2D eigenvalue weighted by Crippen LogP contribution is 2.25. The molecular formula is C16H25NO2. The second-order valence-electron chi connectivity index (χ2n) is 6.23. The summed E-state index contributed by atoms with van der Waals surface area (Å²) in [6, 6.07) is 5.81. The molecule has 106 valence electrons. The van der Waals surface area contributed by atoms with E-state index in [0.717, 1.165) is 12.8 Å². The van der Waals surface area contributed by atoms with Crippen LogP contribution in [0.4, 0.5) is 0 Å². The van der Waals surface area contributed by atoms with Gasteiger partial charge in [-0.3, -0.25) is 4.79 Å². The zero-order valence-electron chi connectivity index (χ0n) is 12.4. The Kier molecular flexibility index (Phi) is 5.12. The molecule has 1 aromatic rings. The Bertz CT molecular complexity index is 447. The van der Waals surface area contributed by atoms with Crippen LogP contribution >= 0.6 is 0 Å². The SMILES string of the molecule is Cc1cc(C(C)(C)C)ccc1CCCC(N)C(=O)O. The van der Waals surface area contributed by atoms with Gasteiger partial charge in [-0.05, 0) is 48.3 Å². The summed E-state index contributed by atoms with van der Waals surface area (Å²) in [5.74, 6) is -0.917. The van der Waals surface area contributed by atoms with Crippen LogP contribution in [0.15, 0.2) is 18.2 Å².